The van der Waals surface area contributed by atoms with Gasteiger partial charge in [-0.25, -0.2) is 4.79 Å². The van der Waals surface area contributed by atoms with E-state index in [1.165, 1.54) is 0 Å². The fourth-order valence-corrected chi connectivity index (χ4v) is 2.03. The zero-order valence-electron chi connectivity index (χ0n) is 10.2. The molecule has 0 saturated heterocycles. The fraction of sp³-hybridized carbons (Fsp3) is 0.462. The molecule has 0 aromatic heterocycles. The van der Waals surface area contributed by atoms with Crippen LogP contribution in [0.5, 0.6) is 0 Å². The molecule has 2 N–H and O–H groups in total. The lowest BCUT2D eigenvalue weighted by Gasteiger charge is -2.16. The molecule has 0 radical (unpaired) electrons. The number of rotatable bonds is 6. The average molecular weight is 300 g/mol. The normalized spacial score (nSPS) is 12.2. The van der Waals surface area contributed by atoms with Gasteiger partial charge in [0.05, 0.1) is 11.3 Å². The van der Waals surface area contributed by atoms with E-state index in [0.717, 1.165) is 23.7 Å². The summed E-state index contributed by atoms with van der Waals surface area (Å²) in [6, 6.07) is 5.45. The Bertz CT molecular complexity index is 393. The molecule has 0 heterocycles. The number of benzene rings is 1. The number of carbonyl (C=O) groups is 1. The van der Waals surface area contributed by atoms with Gasteiger partial charge >= 0.3 is 5.97 Å². The molecule has 3 nitrogen and oxygen atoms in total. The lowest BCUT2D eigenvalue weighted by atomic mass is 10.1. The summed E-state index contributed by atoms with van der Waals surface area (Å²) in [6.07, 6.45) is 3.34. The molecule has 0 aliphatic heterocycles. The van der Waals surface area contributed by atoms with Crippen LogP contribution in [0, 0.1) is 0 Å². The van der Waals surface area contributed by atoms with E-state index in [2.05, 4.69) is 35.1 Å². The summed E-state index contributed by atoms with van der Waals surface area (Å²) in [5, 5.41) is 12.3. The summed E-state index contributed by atoms with van der Waals surface area (Å²) in [5.74, 6) is -0.900. The molecule has 0 bridgehead atoms. The van der Waals surface area contributed by atoms with Crippen LogP contribution in [-0.4, -0.2) is 17.1 Å². The second-order valence-corrected chi connectivity index (χ2v) is 5.10. The van der Waals surface area contributed by atoms with Crippen LogP contribution in [-0.2, 0) is 0 Å². The first-order chi connectivity index (χ1) is 8.04. The highest BCUT2D eigenvalue weighted by Gasteiger charge is 2.12. The Morgan fingerprint density at radius 3 is 2.82 bits per heavy atom. The van der Waals surface area contributed by atoms with Crippen LogP contribution in [0.25, 0.3) is 0 Å². The van der Waals surface area contributed by atoms with E-state index in [1.54, 1.807) is 12.1 Å². The summed E-state index contributed by atoms with van der Waals surface area (Å²) in [7, 11) is 0. The van der Waals surface area contributed by atoms with Crippen LogP contribution >= 0.6 is 15.9 Å². The average Bonchev–Trinajstić information content (AvgIpc) is 2.26. The Hall–Kier alpha value is -1.03. The zero-order chi connectivity index (χ0) is 12.8. The summed E-state index contributed by atoms with van der Waals surface area (Å²) < 4.78 is 0.882. The van der Waals surface area contributed by atoms with E-state index >= 15 is 0 Å². The lowest BCUT2D eigenvalue weighted by Crippen LogP contribution is -2.17. The summed E-state index contributed by atoms with van der Waals surface area (Å²) >= 11 is 3.36. The standard InChI is InChI=1S/C13H18BrNO2/c1-3-4-5-9(2)15-12-8-10(14)6-7-11(12)13(16)17/h6-9,15H,3-5H2,1-2H3,(H,16,17). The van der Waals surface area contributed by atoms with E-state index < -0.39 is 5.97 Å². The number of hydrogen-bond acceptors (Lipinski definition) is 2. The molecule has 0 spiro atoms. The van der Waals surface area contributed by atoms with Crippen molar-refractivity contribution in [2.45, 2.75) is 39.2 Å². The van der Waals surface area contributed by atoms with Crippen LogP contribution in [0.15, 0.2) is 22.7 Å². The highest BCUT2D eigenvalue weighted by atomic mass is 79.9. The second-order valence-electron chi connectivity index (χ2n) is 4.18. The van der Waals surface area contributed by atoms with Crippen LogP contribution < -0.4 is 5.32 Å². The van der Waals surface area contributed by atoms with Crippen LogP contribution in [0.4, 0.5) is 5.69 Å². The molecule has 17 heavy (non-hydrogen) atoms. The van der Waals surface area contributed by atoms with Crippen molar-refractivity contribution in [1.82, 2.24) is 0 Å². The van der Waals surface area contributed by atoms with Gasteiger partial charge in [-0.05, 0) is 31.5 Å². The highest BCUT2D eigenvalue weighted by Crippen LogP contribution is 2.23. The van der Waals surface area contributed by atoms with Crippen LogP contribution in [0.2, 0.25) is 0 Å². The quantitative estimate of drug-likeness (QED) is 0.830. The molecule has 0 aliphatic rings. The van der Waals surface area contributed by atoms with Crippen molar-refractivity contribution >= 4 is 27.6 Å². The maximum absolute atomic E-state index is 11.1. The van der Waals surface area contributed by atoms with Gasteiger partial charge in [-0.2, -0.15) is 0 Å². The predicted molar refractivity (Wildman–Crippen MR) is 73.7 cm³/mol. The van der Waals surface area contributed by atoms with Crippen LogP contribution in [0.1, 0.15) is 43.5 Å². The van der Waals surface area contributed by atoms with E-state index in [1.807, 2.05) is 6.07 Å². The third kappa shape index (κ3) is 4.38. The van der Waals surface area contributed by atoms with Crippen molar-refractivity contribution in [3.8, 4) is 0 Å². The number of carboxylic acids is 1. The van der Waals surface area contributed by atoms with Gasteiger partial charge in [-0.1, -0.05) is 35.7 Å². The van der Waals surface area contributed by atoms with Crippen LogP contribution in [0.3, 0.4) is 0 Å². The van der Waals surface area contributed by atoms with Gasteiger partial charge in [0.1, 0.15) is 0 Å². The number of halogens is 1. The van der Waals surface area contributed by atoms with Gasteiger partial charge < -0.3 is 10.4 Å². The Labute approximate surface area is 110 Å². The molecule has 0 amide bonds. The minimum absolute atomic E-state index is 0.280. The fourth-order valence-electron chi connectivity index (χ4n) is 1.67. The molecule has 1 atom stereocenters. The second kappa shape index (κ2) is 6.64. The lowest BCUT2D eigenvalue weighted by molar-refractivity contribution is 0.0698. The minimum atomic E-state index is -0.900. The van der Waals surface area contributed by atoms with Crippen molar-refractivity contribution in [1.29, 1.82) is 0 Å². The zero-order valence-corrected chi connectivity index (χ0v) is 11.8. The molecule has 94 valence electrons. The van der Waals surface area contributed by atoms with E-state index in [9.17, 15) is 4.79 Å². The molecule has 4 heteroatoms. The number of carboxylic acid groups (broad SMARTS) is 1. The van der Waals surface area contributed by atoms with Crippen molar-refractivity contribution in [2.75, 3.05) is 5.32 Å². The molecule has 1 rings (SSSR count). The number of hydrogen-bond donors (Lipinski definition) is 2. The van der Waals surface area contributed by atoms with E-state index in [4.69, 9.17) is 5.11 Å². The van der Waals surface area contributed by atoms with Gasteiger partial charge in [0.15, 0.2) is 0 Å². The monoisotopic (exact) mass is 299 g/mol. The summed E-state index contributed by atoms with van der Waals surface area (Å²) in [4.78, 5) is 11.1. The Kier molecular flexibility index (Phi) is 5.48. The van der Waals surface area contributed by atoms with Crippen molar-refractivity contribution in [3.63, 3.8) is 0 Å². The van der Waals surface area contributed by atoms with Gasteiger partial charge in [-0.15, -0.1) is 0 Å². The van der Waals surface area contributed by atoms with Gasteiger partial charge in [0.25, 0.3) is 0 Å². The third-order valence-electron chi connectivity index (χ3n) is 2.60. The molecule has 1 aromatic carbocycles. The number of aromatic carboxylic acids is 1. The van der Waals surface area contributed by atoms with Gasteiger partial charge in [0.2, 0.25) is 0 Å². The minimum Gasteiger partial charge on any atom is -0.478 e. The topological polar surface area (TPSA) is 49.3 Å². The van der Waals surface area contributed by atoms with Gasteiger partial charge in [0, 0.05) is 10.5 Å². The van der Waals surface area contributed by atoms with Crippen molar-refractivity contribution in [2.24, 2.45) is 0 Å². The van der Waals surface area contributed by atoms with Gasteiger partial charge in [-0.3, -0.25) is 0 Å². The molecule has 1 unspecified atom stereocenters. The third-order valence-corrected chi connectivity index (χ3v) is 3.10. The maximum atomic E-state index is 11.1. The van der Waals surface area contributed by atoms with E-state index in [0.29, 0.717) is 11.3 Å². The SMILES string of the molecule is CCCCC(C)Nc1cc(Br)ccc1C(=O)O. The summed E-state index contributed by atoms with van der Waals surface area (Å²) in [5.41, 5.74) is 0.993. The maximum Gasteiger partial charge on any atom is 0.337 e. The number of anilines is 1. The first-order valence-corrected chi connectivity index (χ1v) is 6.63. The van der Waals surface area contributed by atoms with E-state index in [-0.39, 0.29) is 6.04 Å². The number of nitrogens with one attached hydrogen (secondary N) is 1. The highest BCUT2D eigenvalue weighted by molar-refractivity contribution is 9.10. The first kappa shape index (κ1) is 14.0. The largest absolute Gasteiger partial charge is 0.478 e. The summed E-state index contributed by atoms with van der Waals surface area (Å²) in [6.45, 7) is 4.22. The Morgan fingerprint density at radius 2 is 2.24 bits per heavy atom. The molecular formula is C13H18BrNO2. The van der Waals surface area contributed by atoms with Crippen molar-refractivity contribution < 1.29 is 9.90 Å². The first-order valence-electron chi connectivity index (χ1n) is 5.84. The number of unbranched alkanes of at least 4 members (excludes halogenated alkanes) is 1. The molecule has 0 aliphatic carbocycles. The molecule has 1 aromatic rings. The smallest absolute Gasteiger partial charge is 0.337 e. The Morgan fingerprint density at radius 1 is 1.53 bits per heavy atom. The molecular weight excluding hydrogens is 282 g/mol. The predicted octanol–water partition coefficient (Wildman–Crippen LogP) is 4.14. The molecule has 0 fully saturated rings. The Balaban J connectivity index is 2.81. The molecule has 0 saturated carbocycles. The van der Waals surface area contributed by atoms with Crippen molar-refractivity contribution in [3.05, 3.63) is 28.2 Å².